The summed E-state index contributed by atoms with van der Waals surface area (Å²) in [5.41, 5.74) is 0.670. The van der Waals surface area contributed by atoms with Gasteiger partial charge in [0.05, 0.1) is 13.2 Å². The molecule has 3 atom stereocenters. The highest BCUT2D eigenvalue weighted by Gasteiger charge is 2.38. The fraction of sp³-hybridized carbons (Fsp3) is 0.609. The summed E-state index contributed by atoms with van der Waals surface area (Å²) in [5.74, 6) is 6.54. The number of aliphatic hydroxyl groups excluding tert-OH is 1. The van der Waals surface area contributed by atoms with E-state index in [-0.39, 0.29) is 35.6 Å². The molecule has 0 spiro atoms. The first-order valence-corrected chi connectivity index (χ1v) is 12.0. The van der Waals surface area contributed by atoms with Gasteiger partial charge in [-0.2, -0.15) is 4.31 Å². The average Bonchev–Trinajstić information content (AvgIpc) is 2.69. The Morgan fingerprint density at radius 2 is 2.03 bits per heavy atom. The molecule has 1 aromatic carbocycles. The van der Waals surface area contributed by atoms with Crippen LogP contribution in [0.25, 0.3) is 0 Å². The van der Waals surface area contributed by atoms with Crippen molar-refractivity contribution in [2.24, 2.45) is 11.8 Å². The van der Waals surface area contributed by atoms with Gasteiger partial charge in [-0.3, -0.25) is 4.79 Å². The van der Waals surface area contributed by atoms with Crippen LogP contribution in [0.5, 0.6) is 5.75 Å². The van der Waals surface area contributed by atoms with E-state index in [1.54, 1.807) is 31.0 Å². The summed E-state index contributed by atoms with van der Waals surface area (Å²) < 4.78 is 34.3. The Kier molecular flexibility index (Phi) is 8.52. The molecule has 0 bridgehead atoms. The first-order valence-electron chi connectivity index (χ1n) is 10.6. The predicted molar refractivity (Wildman–Crippen MR) is 120 cm³/mol. The van der Waals surface area contributed by atoms with Crippen molar-refractivity contribution in [3.63, 3.8) is 0 Å². The van der Waals surface area contributed by atoms with E-state index in [1.165, 1.54) is 17.3 Å². The van der Waals surface area contributed by atoms with Gasteiger partial charge >= 0.3 is 0 Å². The van der Waals surface area contributed by atoms with Gasteiger partial charge in [0.1, 0.15) is 16.7 Å². The Morgan fingerprint density at radius 1 is 1.35 bits per heavy atom. The number of benzene rings is 1. The normalized spacial score (nSPS) is 21.7. The number of hydrogen-bond donors (Lipinski definition) is 1. The Hall–Kier alpha value is -2.08. The fourth-order valence-corrected chi connectivity index (χ4v) is 5.10. The minimum absolute atomic E-state index is 0.0459. The number of ether oxygens (including phenoxy) is 1. The average molecular weight is 451 g/mol. The molecule has 0 saturated carbocycles. The van der Waals surface area contributed by atoms with Crippen molar-refractivity contribution in [1.82, 2.24) is 9.21 Å². The van der Waals surface area contributed by atoms with Gasteiger partial charge in [0, 0.05) is 44.5 Å². The topological polar surface area (TPSA) is 87.2 Å². The van der Waals surface area contributed by atoms with Crippen LogP contribution in [0.15, 0.2) is 23.1 Å². The number of nitrogens with zero attached hydrogens (tertiary/aromatic N) is 2. The van der Waals surface area contributed by atoms with E-state index in [9.17, 15) is 18.3 Å². The van der Waals surface area contributed by atoms with Gasteiger partial charge in [0.2, 0.25) is 15.9 Å². The van der Waals surface area contributed by atoms with Gasteiger partial charge in [0.15, 0.2) is 0 Å². The molecular formula is C23H34N2O5S. The molecule has 1 N–H and O–H groups in total. The highest BCUT2D eigenvalue weighted by Crippen LogP contribution is 2.34. The monoisotopic (exact) mass is 450 g/mol. The summed E-state index contributed by atoms with van der Waals surface area (Å²) in [6, 6.07) is 4.26. The number of rotatable bonds is 5. The molecule has 7 nitrogen and oxygen atoms in total. The number of carbonyl (C=O) groups excluding carboxylic acids is 1. The third-order valence-electron chi connectivity index (χ3n) is 5.40. The Balaban J connectivity index is 2.56. The second-order valence-electron chi connectivity index (χ2n) is 8.70. The molecule has 31 heavy (non-hydrogen) atoms. The van der Waals surface area contributed by atoms with E-state index >= 15 is 0 Å². The third kappa shape index (κ3) is 6.22. The van der Waals surface area contributed by atoms with Crippen molar-refractivity contribution < 1.29 is 23.1 Å². The van der Waals surface area contributed by atoms with E-state index in [0.717, 1.165) is 6.42 Å². The molecule has 0 radical (unpaired) electrons. The van der Waals surface area contributed by atoms with Crippen LogP contribution in [0.2, 0.25) is 0 Å². The van der Waals surface area contributed by atoms with Crippen molar-refractivity contribution in [3.05, 3.63) is 23.8 Å². The maximum absolute atomic E-state index is 13.4. The van der Waals surface area contributed by atoms with Crippen molar-refractivity contribution in [3.8, 4) is 17.6 Å². The second kappa shape index (κ2) is 10.5. The SMILES string of the molecule is CC(=O)N(C)C[C@@H]1Oc2cc(C#CCC(C)C)ccc2S(=O)(=O)N([C@H](C)CO)C[C@H]1C. The summed E-state index contributed by atoms with van der Waals surface area (Å²) >= 11 is 0. The van der Waals surface area contributed by atoms with E-state index < -0.39 is 22.2 Å². The maximum Gasteiger partial charge on any atom is 0.247 e. The molecule has 172 valence electrons. The summed E-state index contributed by atoms with van der Waals surface area (Å²) in [7, 11) is -2.19. The van der Waals surface area contributed by atoms with E-state index in [0.29, 0.717) is 18.0 Å². The lowest BCUT2D eigenvalue weighted by atomic mass is 10.0. The number of amides is 1. The first kappa shape index (κ1) is 25.2. The quantitative estimate of drug-likeness (QED) is 0.696. The molecule has 0 fully saturated rings. The van der Waals surface area contributed by atoms with E-state index in [1.807, 2.05) is 6.92 Å². The van der Waals surface area contributed by atoms with Gasteiger partial charge in [-0.1, -0.05) is 32.6 Å². The van der Waals surface area contributed by atoms with Crippen LogP contribution in [-0.4, -0.2) is 67.5 Å². The summed E-state index contributed by atoms with van der Waals surface area (Å²) in [6.45, 7) is 9.42. The minimum Gasteiger partial charge on any atom is -0.487 e. The van der Waals surface area contributed by atoms with Crippen molar-refractivity contribution in [2.45, 2.75) is 58.1 Å². The smallest absolute Gasteiger partial charge is 0.247 e. The number of aliphatic hydroxyl groups is 1. The van der Waals surface area contributed by atoms with Crippen LogP contribution in [0.3, 0.4) is 0 Å². The lowest BCUT2D eigenvalue weighted by molar-refractivity contribution is -0.129. The lowest BCUT2D eigenvalue weighted by Gasteiger charge is -2.37. The lowest BCUT2D eigenvalue weighted by Crippen LogP contribution is -2.50. The first-order chi connectivity index (χ1) is 14.5. The van der Waals surface area contributed by atoms with Crippen LogP contribution in [0, 0.1) is 23.7 Å². The molecule has 2 rings (SSSR count). The van der Waals surface area contributed by atoms with E-state index in [2.05, 4.69) is 25.7 Å². The number of carbonyl (C=O) groups is 1. The molecule has 1 heterocycles. The zero-order valence-electron chi connectivity index (χ0n) is 19.3. The molecule has 0 unspecified atom stereocenters. The number of likely N-dealkylation sites (N-methyl/N-ethyl adjacent to an activating group) is 1. The predicted octanol–water partition coefficient (Wildman–Crippen LogP) is 2.33. The van der Waals surface area contributed by atoms with Crippen molar-refractivity contribution in [2.75, 3.05) is 26.7 Å². The van der Waals surface area contributed by atoms with Gasteiger partial charge in [-0.15, -0.1) is 0 Å². The molecular weight excluding hydrogens is 416 g/mol. The highest BCUT2D eigenvalue weighted by atomic mass is 32.2. The largest absolute Gasteiger partial charge is 0.487 e. The summed E-state index contributed by atoms with van der Waals surface area (Å²) in [4.78, 5) is 13.4. The van der Waals surface area contributed by atoms with Gasteiger partial charge in [-0.25, -0.2) is 8.42 Å². The zero-order chi connectivity index (χ0) is 23.3. The van der Waals surface area contributed by atoms with Gasteiger partial charge < -0.3 is 14.7 Å². The fourth-order valence-electron chi connectivity index (χ4n) is 3.28. The zero-order valence-corrected chi connectivity index (χ0v) is 20.1. The highest BCUT2D eigenvalue weighted by molar-refractivity contribution is 7.89. The minimum atomic E-state index is -3.89. The molecule has 0 saturated heterocycles. The molecule has 1 aromatic rings. The van der Waals surface area contributed by atoms with Crippen molar-refractivity contribution in [1.29, 1.82) is 0 Å². The van der Waals surface area contributed by atoms with E-state index in [4.69, 9.17) is 4.74 Å². The van der Waals surface area contributed by atoms with Crippen LogP contribution in [0.4, 0.5) is 0 Å². The number of sulfonamides is 1. The van der Waals surface area contributed by atoms with Gasteiger partial charge in [-0.05, 0) is 31.0 Å². The molecule has 1 aliphatic rings. The van der Waals surface area contributed by atoms with Gasteiger partial charge in [0.25, 0.3) is 0 Å². The third-order valence-corrected chi connectivity index (χ3v) is 7.42. The Morgan fingerprint density at radius 3 is 2.61 bits per heavy atom. The van der Waals surface area contributed by atoms with Crippen LogP contribution < -0.4 is 4.74 Å². The van der Waals surface area contributed by atoms with Crippen LogP contribution in [-0.2, 0) is 14.8 Å². The van der Waals surface area contributed by atoms with Crippen molar-refractivity contribution >= 4 is 15.9 Å². The molecule has 0 aromatic heterocycles. The number of fused-ring (bicyclic) bond motifs is 1. The summed E-state index contributed by atoms with van der Waals surface area (Å²) in [6.07, 6.45) is 0.316. The van der Waals surface area contributed by atoms with Crippen LogP contribution >= 0.6 is 0 Å². The Bertz CT molecular complexity index is 948. The molecule has 1 amide bonds. The molecule has 0 aliphatic carbocycles. The summed E-state index contributed by atoms with van der Waals surface area (Å²) in [5, 5.41) is 9.68. The molecule has 1 aliphatic heterocycles. The molecule has 8 heteroatoms. The Labute approximate surface area is 186 Å². The standard InChI is InChI=1S/C23H34N2O5S/c1-16(2)8-7-9-20-10-11-23-21(12-20)30-22(14-24(6)19(5)27)17(3)13-25(18(4)15-26)31(23,28)29/h10-12,16-18,22,26H,8,13-15H2,1-6H3/t17-,18-,22+/m1/s1. The second-order valence-corrected chi connectivity index (χ2v) is 10.6. The van der Waals surface area contributed by atoms with Crippen LogP contribution in [0.1, 0.15) is 46.6 Å². The maximum atomic E-state index is 13.4. The number of hydrogen-bond acceptors (Lipinski definition) is 5.